The van der Waals surface area contributed by atoms with Crippen molar-refractivity contribution in [3.63, 3.8) is 0 Å². The van der Waals surface area contributed by atoms with Crippen molar-refractivity contribution in [1.29, 1.82) is 0 Å². The van der Waals surface area contributed by atoms with Gasteiger partial charge in [-0.15, -0.1) is 0 Å². The van der Waals surface area contributed by atoms with Crippen molar-refractivity contribution in [2.75, 3.05) is 14.2 Å². The Hall–Kier alpha value is -1.82. The summed E-state index contributed by atoms with van der Waals surface area (Å²) < 4.78 is 22.8. The van der Waals surface area contributed by atoms with Gasteiger partial charge >= 0.3 is 5.97 Å². The van der Waals surface area contributed by atoms with Crippen LogP contribution in [0.2, 0.25) is 0 Å². The average Bonchev–Trinajstić information content (AvgIpc) is 2.27. The Balaban J connectivity index is 3.35. The molecule has 0 saturated carbocycles. The zero-order valence-corrected chi connectivity index (χ0v) is 8.73. The highest BCUT2D eigenvalue weighted by Gasteiger charge is 2.24. The summed E-state index contributed by atoms with van der Waals surface area (Å²) in [7, 11) is 2.45. The maximum Gasteiger partial charge on any atom is 0.337 e. The van der Waals surface area contributed by atoms with Gasteiger partial charge in [0.1, 0.15) is 0 Å². The number of carboxylic acids is 1. The Labute approximate surface area is 91.0 Å². The number of ether oxygens (including phenoxy) is 2. The molecule has 0 heterocycles. The van der Waals surface area contributed by atoms with E-state index < -0.39 is 17.9 Å². The number of carboxylic acid groups (broad SMARTS) is 1. The lowest BCUT2D eigenvalue weighted by Crippen LogP contribution is -2.12. The molecule has 0 aliphatic carbocycles. The fraction of sp³-hybridized carbons (Fsp3) is 0.300. The van der Waals surface area contributed by atoms with Crippen LogP contribution in [-0.4, -0.2) is 30.4 Å². The van der Waals surface area contributed by atoms with E-state index in [0.29, 0.717) is 0 Å². The number of benzene rings is 1. The zero-order chi connectivity index (χ0) is 12.3. The standard InChI is InChI=1S/C10H11FO5/c1-15-8-5(7(12)10(13)14)3-4-6(11)9(8)16-2/h3-4,7,12H,1-2H3,(H,13,14). The lowest BCUT2D eigenvalue weighted by atomic mass is 10.1. The predicted octanol–water partition coefficient (Wildman–Crippen LogP) is 0.961. The maximum atomic E-state index is 13.2. The van der Waals surface area contributed by atoms with Crippen LogP contribution in [-0.2, 0) is 4.79 Å². The molecule has 1 rings (SSSR count). The molecular weight excluding hydrogens is 219 g/mol. The molecule has 16 heavy (non-hydrogen) atoms. The van der Waals surface area contributed by atoms with Crippen LogP contribution in [0, 0.1) is 5.82 Å². The van der Waals surface area contributed by atoms with Gasteiger partial charge in [-0.3, -0.25) is 0 Å². The van der Waals surface area contributed by atoms with Gasteiger partial charge in [0, 0.05) is 5.56 Å². The van der Waals surface area contributed by atoms with Crippen LogP contribution in [0.15, 0.2) is 12.1 Å². The van der Waals surface area contributed by atoms with Crippen molar-refractivity contribution in [2.45, 2.75) is 6.10 Å². The minimum Gasteiger partial charge on any atom is -0.492 e. The average molecular weight is 230 g/mol. The molecule has 6 heteroatoms. The number of carbonyl (C=O) groups is 1. The van der Waals surface area contributed by atoms with E-state index in [0.717, 1.165) is 12.1 Å². The van der Waals surface area contributed by atoms with Crippen LogP contribution < -0.4 is 9.47 Å². The van der Waals surface area contributed by atoms with E-state index in [1.165, 1.54) is 14.2 Å². The first-order chi connectivity index (χ1) is 7.52. The minimum atomic E-state index is -1.79. The summed E-state index contributed by atoms with van der Waals surface area (Å²) in [5, 5.41) is 18.0. The van der Waals surface area contributed by atoms with Crippen LogP contribution in [0.1, 0.15) is 11.7 Å². The molecule has 0 bridgehead atoms. The smallest absolute Gasteiger partial charge is 0.337 e. The molecule has 1 aromatic carbocycles. The fourth-order valence-corrected chi connectivity index (χ4v) is 1.30. The Morgan fingerprint density at radius 2 is 1.88 bits per heavy atom. The van der Waals surface area contributed by atoms with E-state index in [1.54, 1.807) is 0 Å². The largest absolute Gasteiger partial charge is 0.492 e. The van der Waals surface area contributed by atoms with E-state index in [2.05, 4.69) is 0 Å². The molecule has 0 aliphatic rings. The van der Waals surface area contributed by atoms with Crippen molar-refractivity contribution >= 4 is 5.97 Å². The molecule has 0 aliphatic heterocycles. The molecule has 0 saturated heterocycles. The highest BCUT2D eigenvalue weighted by atomic mass is 19.1. The molecule has 1 aromatic rings. The molecule has 2 N–H and O–H groups in total. The van der Waals surface area contributed by atoms with Gasteiger partial charge in [0.25, 0.3) is 0 Å². The minimum absolute atomic E-state index is 0.0618. The Bertz CT molecular complexity index is 404. The van der Waals surface area contributed by atoms with Crippen LogP contribution >= 0.6 is 0 Å². The lowest BCUT2D eigenvalue weighted by molar-refractivity contribution is -0.147. The monoisotopic (exact) mass is 230 g/mol. The molecule has 0 radical (unpaired) electrons. The third kappa shape index (κ3) is 2.06. The molecule has 0 amide bonds. The molecule has 0 spiro atoms. The van der Waals surface area contributed by atoms with Gasteiger partial charge in [-0.05, 0) is 12.1 Å². The van der Waals surface area contributed by atoms with Gasteiger partial charge in [0.15, 0.2) is 23.4 Å². The lowest BCUT2D eigenvalue weighted by Gasteiger charge is -2.14. The van der Waals surface area contributed by atoms with Crippen LogP contribution in [0.4, 0.5) is 4.39 Å². The Morgan fingerprint density at radius 1 is 1.31 bits per heavy atom. The number of halogens is 1. The maximum absolute atomic E-state index is 13.2. The first-order valence-electron chi connectivity index (χ1n) is 4.34. The van der Waals surface area contributed by atoms with Crippen LogP contribution in [0.25, 0.3) is 0 Å². The van der Waals surface area contributed by atoms with E-state index in [1.807, 2.05) is 0 Å². The molecule has 0 aromatic heterocycles. The highest BCUT2D eigenvalue weighted by molar-refractivity contribution is 5.76. The van der Waals surface area contributed by atoms with Crippen molar-refractivity contribution < 1.29 is 28.9 Å². The topological polar surface area (TPSA) is 76.0 Å². The van der Waals surface area contributed by atoms with Crippen molar-refractivity contribution in [2.24, 2.45) is 0 Å². The number of hydrogen-bond donors (Lipinski definition) is 2. The molecule has 1 atom stereocenters. The molecule has 5 nitrogen and oxygen atoms in total. The second-order valence-corrected chi connectivity index (χ2v) is 2.94. The van der Waals surface area contributed by atoms with Crippen LogP contribution in [0.5, 0.6) is 11.5 Å². The first-order valence-corrected chi connectivity index (χ1v) is 4.34. The van der Waals surface area contributed by atoms with Gasteiger partial charge in [0.05, 0.1) is 14.2 Å². The molecule has 1 unspecified atom stereocenters. The molecule has 0 fully saturated rings. The van der Waals surface area contributed by atoms with E-state index >= 15 is 0 Å². The Morgan fingerprint density at radius 3 is 2.31 bits per heavy atom. The van der Waals surface area contributed by atoms with E-state index in [-0.39, 0.29) is 17.1 Å². The van der Waals surface area contributed by atoms with Crippen LogP contribution in [0.3, 0.4) is 0 Å². The number of aliphatic hydroxyl groups excluding tert-OH is 1. The summed E-state index contributed by atoms with van der Waals surface area (Å²) in [5.41, 5.74) is -0.0618. The van der Waals surface area contributed by atoms with Gasteiger partial charge in [-0.2, -0.15) is 0 Å². The second kappa shape index (κ2) is 4.80. The number of aliphatic carboxylic acids is 1. The fourth-order valence-electron chi connectivity index (χ4n) is 1.30. The van der Waals surface area contributed by atoms with Gasteiger partial charge < -0.3 is 19.7 Å². The van der Waals surface area contributed by atoms with E-state index in [4.69, 9.17) is 14.6 Å². The quantitative estimate of drug-likeness (QED) is 0.805. The molecular formula is C10H11FO5. The predicted molar refractivity (Wildman–Crippen MR) is 52.1 cm³/mol. The zero-order valence-electron chi connectivity index (χ0n) is 8.73. The first kappa shape index (κ1) is 12.3. The number of aliphatic hydroxyl groups is 1. The van der Waals surface area contributed by atoms with E-state index in [9.17, 15) is 14.3 Å². The summed E-state index contributed by atoms with van der Waals surface area (Å²) in [5.74, 6) is -2.51. The summed E-state index contributed by atoms with van der Waals surface area (Å²) in [6.07, 6.45) is -1.79. The third-order valence-corrected chi connectivity index (χ3v) is 2.03. The summed E-state index contributed by atoms with van der Waals surface area (Å²) in [6, 6.07) is 2.14. The van der Waals surface area contributed by atoms with Gasteiger partial charge in [-0.1, -0.05) is 0 Å². The third-order valence-electron chi connectivity index (χ3n) is 2.03. The van der Waals surface area contributed by atoms with Crippen molar-refractivity contribution in [3.8, 4) is 11.5 Å². The molecule has 88 valence electrons. The number of hydrogen-bond acceptors (Lipinski definition) is 4. The van der Waals surface area contributed by atoms with Crippen molar-refractivity contribution in [3.05, 3.63) is 23.5 Å². The highest BCUT2D eigenvalue weighted by Crippen LogP contribution is 2.36. The van der Waals surface area contributed by atoms with Crippen molar-refractivity contribution in [1.82, 2.24) is 0 Å². The second-order valence-electron chi connectivity index (χ2n) is 2.94. The summed E-state index contributed by atoms with van der Waals surface area (Å²) in [4.78, 5) is 10.6. The van der Waals surface area contributed by atoms with Gasteiger partial charge in [0.2, 0.25) is 0 Å². The number of methoxy groups -OCH3 is 2. The Kier molecular flexibility index (Phi) is 3.68. The summed E-state index contributed by atoms with van der Waals surface area (Å²) >= 11 is 0. The van der Waals surface area contributed by atoms with Gasteiger partial charge in [-0.25, -0.2) is 9.18 Å². The number of rotatable bonds is 4. The SMILES string of the molecule is COc1c(F)ccc(C(O)C(=O)O)c1OC. The summed E-state index contributed by atoms with van der Waals surface area (Å²) in [6.45, 7) is 0. The normalized spacial score (nSPS) is 12.0.